The molecule has 1 unspecified atom stereocenters. The topological polar surface area (TPSA) is 58.2 Å². The Bertz CT molecular complexity index is 520. The summed E-state index contributed by atoms with van der Waals surface area (Å²) < 4.78 is 27.1. The molecule has 1 aliphatic rings. The Morgan fingerprint density at radius 1 is 1.29 bits per heavy atom. The molecule has 1 atom stereocenters. The molecule has 1 heterocycles. The molecule has 0 spiro atoms. The quantitative estimate of drug-likeness (QED) is 0.814. The summed E-state index contributed by atoms with van der Waals surface area (Å²) in [6.07, 6.45) is 5.44. The predicted molar refractivity (Wildman–Crippen MR) is 88.1 cm³/mol. The van der Waals surface area contributed by atoms with E-state index < -0.39 is 10.0 Å². The maximum Gasteiger partial charge on any atom is 0.233 e. The zero-order chi connectivity index (χ0) is 15.1. The van der Waals surface area contributed by atoms with Crippen LogP contribution < -0.4 is 10.0 Å². The summed E-state index contributed by atoms with van der Waals surface area (Å²) in [7, 11) is -3.25. The molecule has 0 radical (unpaired) electrons. The lowest BCUT2D eigenvalue weighted by molar-refractivity contribution is 0.404. The van der Waals surface area contributed by atoms with Crippen molar-refractivity contribution in [3.8, 4) is 0 Å². The average molecular weight is 310 g/mol. The van der Waals surface area contributed by atoms with Crippen LogP contribution in [0.5, 0.6) is 0 Å². The first-order chi connectivity index (χ1) is 10.1. The van der Waals surface area contributed by atoms with E-state index in [9.17, 15) is 8.42 Å². The highest BCUT2D eigenvalue weighted by Gasteiger charge is 2.21. The van der Waals surface area contributed by atoms with Gasteiger partial charge in [-0.3, -0.25) is 4.72 Å². The second kappa shape index (κ2) is 7.80. The molecule has 1 aromatic rings. The lowest BCUT2D eigenvalue weighted by Crippen LogP contribution is -2.35. The molecule has 1 aliphatic heterocycles. The molecule has 1 fully saturated rings. The molecule has 0 amide bonds. The summed E-state index contributed by atoms with van der Waals surface area (Å²) in [5, 5.41) is 3.26. The highest BCUT2D eigenvalue weighted by Crippen LogP contribution is 2.17. The Labute approximate surface area is 128 Å². The van der Waals surface area contributed by atoms with E-state index in [4.69, 9.17) is 0 Å². The summed E-state index contributed by atoms with van der Waals surface area (Å²) >= 11 is 0. The van der Waals surface area contributed by atoms with Crippen molar-refractivity contribution in [1.29, 1.82) is 0 Å². The zero-order valence-corrected chi connectivity index (χ0v) is 13.6. The predicted octanol–water partition coefficient (Wildman–Crippen LogP) is 2.77. The normalized spacial score (nSPS) is 19.4. The van der Waals surface area contributed by atoms with E-state index in [1.165, 1.54) is 18.4 Å². The largest absolute Gasteiger partial charge is 0.316 e. The molecule has 2 rings (SSSR count). The minimum Gasteiger partial charge on any atom is -0.316 e. The van der Waals surface area contributed by atoms with Crippen molar-refractivity contribution in [2.24, 2.45) is 5.92 Å². The molecule has 0 aliphatic carbocycles. The van der Waals surface area contributed by atoms with Gasteiger partial charge in [0.05, 0.1) is 5.75 Å². The van der Waals surface area contributed by atoms with E-state index in [1.807, 2.05) is 24.3 Å². The Morgan fingerprint density at radius 2 is 2.05 bits per heavy atom. The van der Waals surface area contributed by atoms with E-state index in [1.54, 1.807) is 0 Å². The van der Waals surface area contributed by atoms with Crippen LogP contribution >= 0.6 is 0 Å². The molecular weight excluding hydrogens is 284 g/mol. The van der Waals surface area contributed by atoms with Crippen LogP contribution in [0.4, 0.5) is 5.69 Å². The van der Waals surface area contributed by atoms with Crippen LogP contribution in [-0.4, -0.2) is 27.3 Å². The first kappa shape index (κ1) is 16.3. The molecule has 1 saturated heterocycles. The van der Waals surface area contributed by atoms with Gasteiger partial charge in [0.1, 0.15) is 0 Å². The number of aryl methyl sites for hydroxylation is 1. The van der Waals surface area contributed by atoms with Crippen LogP contribution in [0, 0.1) is 5.92 Å². The third-order valence-electron chi connectivity index (χ3n) is 3.90. The maximum absolute atomic E-state index is 12.2. The van der Waals surface area contributed by atoms with Gasteiger partial charge in [-0.2, -0.15) is 0 Å². The van der Waals surface area contributed by atoms with Gasteiger partial charge in [-0.25, -0.2) is 8.42 Å². The van der Waals surface area contributed by atoms with Crippen LogP contribution in [0.2, 0.25) is 0 Å². The van der Waals surface area contributed by atoms with Crippen LogP contribution in [0.25, 0.3) is 0 Å². The monoisotopic (exact) mass is 310 g/mol. The van der Waals surface area contributed by atoms with Crippen LogP contribution in [-0.2, 0) is 16.4 Å². The van der Waals surface area contributed by atoms with Crippen molar-refractivity contribution in [1.82, 2.24) is 5.32 Å². The van der Waals surface area contributed by atoms with Gasteiger partial charge in [0, 0.05) is 5.69 Å². The van der Waals surface area contributed by atoms with E-state index in [0.29, 0.717) is 5.69 Å². The van der Waals surface area contributed by atoms with Crippen LogP contribution in [0.15, 0.2) is 24.3 Å². The third kappa shape index (κ3) is 5.67. The second-order valence-corrected chi connectivity index (χ2v) is 7.66. The fourth-order valence-corrected chi connectivity index (χ4v) is 4.20. The summed E-state index contributed by atoms with van der Waals surface area (Å²) in [6, 6.07) is 7.74. The summed E-state index contributed by atoms with van der Waals surface area (Å²) in [6.45, 7) is 3.97. The Kier molecular flexibility index (Phi) is 6.06. The number of piperidine rings is 1. The van der Waals surface area contributed by atoms with E-state index in [0.717, 1.165) is 32.4 Å². The molecule has 21 heavy (non-hydrogen) atoms. The average Bonchev–Trinajstić information content (AvgIpc) is 2.47. The van der Waals surface area contributed by atoms with Crippen LogP contribution in [0.1, 0.15) is 38.2 Å². The maximum atomic E-state index is 12.2. The third-order valence-corrected chi connectivity index (χ3v) is 5.36. The molecular formula is C16H26N2O2S. The number of anilines is 1. The van der Waals surface area contributed by atoms with Gasteiger partial charge in [-0.15, -0.1) is 0 Å². The number of rotatable bonds is 7. The summed E-state index contributed by atoms with van der Waals surface area (Å²) in [5.41, 5.74) is 1.93. The highest BCUT2D eigenvalue weighted by molar-refractivity contribution is 7.92. The summed E-state index contributed by atoms with van der Waals surface area (Å²) in [5.74, 6) is 0.428. The van der Waals surface area contributed by atoms with Crippen molar-refractivity contribution >= 4 is 15.7 Å². The van der Waals surface area contributed by atoms with Crippen molar-refractivity contribution in [3.63, 3.8) is 0 Å². The second-order valence-electron chi connectivity index (χ2n) is 5.90. The number of hydrogen-bond acceptors (Lipinski definition) is 3. The first-order valence-corrected chi connectivity index (χ1v) is 9.54. The number of unbranched alkanes of at least 4 members (excludes halogenated alkanes) is 1. The van der Waals surface area contributed by atoms with Gasteiger partial charge < -0.3 is 5.32 Å². The molecule has 118 valence electrons. The van der Waals surface area contributed by atoms with Gasteiger partial charge in [-0.1, -0.05) is 25.5 Å². The van der Waals surface area contributed by atoms with Gasteiger partial charge in [-0.05, 0) is 62.4 Å². The van der Waals surface area contributed by atoms with Gasteiger partial charge >= 0.3 is 0 Å². The Hall–Kier alpha value is -1.07. The zero-order valence-electron chi connectivity index (χ0n) is 12.8. The fraction of sp³-hybridized carbons (Fsp3) is 0.625. The molecule has 4 nitrogen and oxygen atoms in total. The molecule has 2 N–H and O–H groups in total. The van der Waals surface area contributed by atoms with Crippen molar-refractivity contribution in [2.45, 2.75) is 39.0 Å². The molecule has 1 aromatic carbocycles. The van der Waals surface area contributed by atoms with Gasteiger partial charge in [0.25, 0.3) is 0 Å². The first-order valence-electron chi connectivity index (χ1n) is 7.89. The van der Waals surface area contributed by atoms with Gasteiger partial charge in [0.2, 0.25) is 10.0 Å². The Morgan fingerprint density at radius 3 is 2.67 bits per heavy atom. The SMILES string of the molecule is CCCCc1ccc(NS(=O)(=O)CC2CCCNC2)cc1. The lowest BCUT2D eigenvalue weighted by Gasteiger charge is -2.22. The minimum atomic E-state index is -3.25. The minimum absolute atomic E-state index is 0.206. The number of nitrogens with one attached hydrogen (secondary N) is 2. The van der Waals surface area contributed by atoms with Crippen molar-refractivity contribution in [3.05, 3.63) is 29.8 Å². The van der Waals surface area contributed by atoms with E-state index in [2.05, 4.69) is 17.0 Å². The highest BCUT2D eigenvalue weighted by atomic mass is 32.2. The number of benzene rings is 1. The molecule has 0 bridgehead atoms. The van der Waals surface area contributed by atoms with E-state index in [-0.39, 0.29) is 11.7 Å². The lowest BCUT2D eigenvalue weighted by atomic mass is 10.0. The molecule has 0 aromatic heterocycles. The Balaban J connectivity index is 1.89. The van der Waals surface area contributed by atoms with Crippen molar-refractivity contribution < 1.29 is 8.42 Å². The van der Waals surface area contributed by atoms with Gasteiger partial charge in [0.15, 0.2) is 0 Å². The number of sulfonamides is 1. The summed E-state index contributed by atoms with van der Waals surface area (Å²) in [4.78, 5) is 0. The van der Waals surface area contributed by atoms with E-state index >= 15 is 0 Å². The molecule has 0 saturated carbocycles. The number of hydrogen-bond donors (Lipinski definition) is 2. The van der Waals surface area contributed by atoms with Crippen molar-refractivity contribution in [2.75, 3.05) is 23.6 Å². The fourth-order valence-electron chi connectivity index (χ4n) is 2.72. The standard InChI is InChI=1S/C16H26N2O2S/c1-2-3-5-14-7-9-16(10-8-14)18-21(19,20)13-15-6-4-11-17-12-15/h7-10,15,17-18H,2-6,11-13H2,1H3. The smallest absolute Gasteiger partial charge is 0.233 e. The van der Waals surface area contributed by atoms with Crippen LogP contribution in [0.3, 0.4) is 0 Å². The molecule has 5 heteroatoms.